The molecule has 0 bridgehead atoms. The molecule has 7 nitrogen and oxygen atoms in total. The Morgan fingerprint density at radius 1 is 0.733 bits per heavy atom. The maximum absolute atomic E-state index is 10.3. The van der Waals surface area contributed by atoms with E-state index in [2.05, 4.69) is 0 Å². The van der Waals surface area contributed by atoms with Crippen molar-refractivity contribution in [3.05, 3.63) is 41.0 Å². The van der Waals surface area contributed by atoms with E-state index in [9.17, 15) is 10.2 Å². The first kappa shape index (κ1) is 22.1. The molecule has 0 aromatic heterocycles. The molecule has 1 aliphatic rings. The van der Waals surface area contributed by atoms with Crippen LogP contribution in [-0.2, 0) is 6.42 Å². The molecule has 2 aromatic rings. The molecule has 0 amide bonds. The van der Waals surface area contributed by atoms with Crippen LogP contribution in [0.5, 0.6) is 28.7 Å². The maximum atomic E-state index is 10.3. The van der Waals surface area contributed by atoms with Crippen LogP contribution in [0, 0.1) is 11.8 Å². The first-order valence-electron chi connectivity index (χ1n) is 9.83. The van der Waals surface area contributed by atoms with Crippen LogP contribution in [0.2, 0.25) is 0 Å². The van der Waals surface area contributed by atoms with Crippen LogP contribution in [-0.4, -0.2) is 59.0 Å². The van der Waals surface area contributed by atoms with Crippen molar-refractivity contribution >= 4 is 0 Å². The van der Waals surface area contributed by atoms with E-state index in [0.29, 0.717) is 35.2 Å². The number of rotatable bonds is 8. The lowest BCUT2D eigenvalue weighted by atomic mass is 9.67. The van der Waals surface area contributed by atoms with E-state index in [0.717, 1.165) is 16.7 Å². The standard InChI is InChI=1S/C23H30O7/c1-26-18-7-13-6-15(11-24)17(12-25)22(16(13)10-19(18)27-2)14-8-20(28-3)23(30-5)21(9-14)29-4/h7-10,15,17,22,24-25H,6,11-12H2,1-5H3/t15-,17-,22+/m0/s1. The average molecular weight is 418 g/mol. The highest BCUT2D eigenvalue weighted by molar-refractivity contribution is 5.58. The summed E-state index contributed by atoms with van der Waals surface area (Å²) in [7, 11) is 7.91. The van der Waals surface area contributed by atoms with Crippen molar-refractivity contribution in [2.24, 2.45) is 11.8 Å². The monoisotopic (exact) mass is 418 g/mol. The van der Waals surface area contributed by atoms with Gasteiger partial charge in [-0.1, -0.05) is 0 Å². The fraction of sp³-hybridized carbons (Fsp3) is 0.478. The fourth-order valence-electron chi connectivity index (χ4n) is 4.50. The molecule has 0 unspecified atom stereocenters. The molecule has 2 N–H and O–H groups in total. The molecular weight excluding hydrogens is 388 g/mol. The number of ether oxygens (including phenoxy) is 5. The van der Waals surface area contributed by atoms with Crippen molar-refractivity contribution in [2.45, 2.75) is 12.3 Å². The Morgan fingerprint density at radius 2 is 1.30 bits per heavy atom. The normalized spacial score (nSPS) is 20.3. The van der Waals surface area contributed by atoms with Crippen molar-refractivity contribution in [2.75, 3.05) is 48.8 Å². The number of hydrogen-bond donors (Lipinski definition) is 2. The Morgan fingerprint density at radius 3 is 1.77 bits per heavy atom. The number of hydrogen-bond acceptors (Lipinski definition) is 7. The maximum Gasteiger partial charge on any atom is 0.203 e. The van der Waals surface area contributed by atoms with Crippen LogP contribution in [0.3, 0.4) is 0 Å². The predicted molar refractivity (Wildman–Crippen MR) is 112 cm³/mol. The van der Waals surface area contributed by atoms with Crippen molar-refractivity contribution < 1.29 is 33.9 Å². The molecule has 7 heteroatoms. The van der Waals surface area contributed by atoms with E-state index in [4.69, 9.17) is 23.7 Å². The van der Waals surface area contributed by atoms with Crippen LogP contribution in [0.4, 0.5) is 0 Å². The van der Waals surface area contributed by atoms with E-state index >= 15 is 0 Å². The van der Waals surface area contributed by atoms with E-state index in [1.54, 1.807) is 35.5 Å². The van der Waals surface area contributed by atoms with Crippen LogP contribution in [0.1, 0.15) is 22.6 Å². The summed E-state index contributed by atoms with van der Waals surface area (Å²) in [4.78, 5) is 0. The van der Waals surface area contributed by atoms with E-state index in [-0.39, 0.29) is 31.0 Å². The quantitative estimate of drug-likeness (QED) is 0.682. The van der Waals surface area contributed by atoms with Crippen molar-refractivity contribution in [1.82, 2.24) is 0 Å². The van der Waals surface area contributed by atoms with Gasteiger partial charge in [0.05, 0.1) is 35.5 Å². The van der Waals surface area contributed by atoms with Crippen molar-refractivity contribution in [3.63, 3.8) is 0 Å². The first-order valence-corrected chi connectivity index (χ1v) is 9.83. The molecule has 164 valence electrons. The van der Waals surface area contributed by atoms with Crippen molar-refractivity contribution in [3.8, 4) is 28.7 Å². The van der Waals surface area contributed by atoms with E-state index < -0.39 is 0 Å². The highest BCUT2D eigenvalue weighted by Gasteiger charge is 2.38. The molecule has 0 heterocycles. The van der Waals surface area contributed by atoms with Crippen LogP contribution < -0.4 is 23.7 Å². The third-order valence-electron chi connectivity index (χ3n) is 5.99. The third-order valence-corrected chi connectivity index (χ3v) is 5.99. The molecular formula is C23H30O7. The highest BCUT2D eigenvalue weighted by atomic mass is 16.5. The Labute approximate surface area is 177 Å². The van der Waals surface area contributed by atoms with Crippen LogP contribution in [0.15, 0.2) is 24.3 Å². The second-order valence-electron chi connectivity index (χ2n) is 7.34. The van der Waals surface area contributed by atoms with Gasteiger partial charge in [0.25, 0.3) is 0 Å². The topological polar surface area (TPSA) is 86.6 Å². The fourth-order valence-corrected chi connectivity index (χ4v) is 4.50. The first-order chi connectivity index (χ1) is 14.6. The van der Waals surface area contributed by atoms with Gasteiger partial charge >= 0.3 is 0 Å². The number of aliphatic hydroxyl groups is 2. The van der Waals surface area contributed by atoms with Gasteiger partial charge in [0, 0.05) is 19.1 Å². The lowest BCUT2D eigenvalue weighted by Crippen LogP contribution is -2.35. The molecule has 0 aliphatic heterocycles. The van der Waals surface area contributed by atoms with Gasteiger partial charge in [-0.25, -0.2) is 0 Å². The molecule has 0 radical (unpaired) electrons. The summed E-state index contributed by atoms with van der Waals surface area (Å²) in [6.45, 7) is -0.0970. The van der Waals surface area contributed by atoms with Gasteiger partial charge in [-0.3, -0.25) is 0 Å². The predicted octanol–water partition coefficient (Wildman–Crippen LogP) is 2.63. The SMILES string of the molecule is COc1cc2c(cc1OC)[C@@H](c1cc(OC)c(OC)c(OC)c1)[C@@H](CO)[C@H](CO)C2. The summed E-state index contributed by atoms with van der Waals surface area (Å²) < 4.78 is 27.5. The summed E-state index contributed by atoms with van der Waals surface area (Å²) in [6, 6.07) is 7.71. The highest BCUT2D eigenvalue weighted by Crippen LogP contribution is 2.49. The zero-order valence-corrected chi connectivity index (χ0v) is 18.1. The Kier molecular flexibility index (Phi) is 6.95. The zero-order valence-electron chi connectivity index (χ0n) is 18.1. The minimum Gasteiger partial charge on any atom is -0.493 e. The van der Waals surface area contributed by atoms with E-state index in [1.807, 2.05) is 24.3 Å². The smallest absolute Gasteiger partial charge is 0.203 e. The summed E-state index contributed by atoms with van der Waals surface area (Å²) in [5.41, 5.74) is 2.97. The second-order valence-corrected chi connectivity index (χ2v) is 7.34. The molecule has 3 rings (SSSR count). The van der Waals surface area contributed by atoms with Crippen LogP contribution in [0.25, 0.3) is 0 Å². The molecule has 0 saturated carbocycles. The Bertz CT molecular complexity index is 855. The second kappa shape index (κ2) is 9.45. The zero-order chi connectivity index (χ0) is 21.8. The van der Waals surface area contributed by atoms with Gasteiger partial charge in [-0.05, 0) is 59.2 Å². The number of aliphatic hydroxyl groups excluding tert-OH is 2. The van der Waals surface area contributed by atoms with Gasteiger partial charge in [0.1, 0.15) is 0 Å². The lowest BCUT2D eigenvalue weighted by Gasteiger charge is -2.39. The minimum atomic E-state index is -0.204. The molecule has 0 spiro atoms. The minimum absolute atomic E-state index is 0.0278. The number of fused-ring (bicyclic) bond motifs is 1. The molecule has 30 heavy (non-hydrogen) atoms. The number of benzene rings is 2. The molecule has 1 aliphatic carbocycles. The van der Waals surface area contributed by atoms with Gasteiger partial charge in [-0.15, -0.1) is 0 Å². The lowest BCUT2D eigenvalue weighted by molar-refractivity contribution is 0.101. The molecule has 0 fully saturated rings. The Hall–Kier alpha value is -2.64. The average Bonchev–Trinajstić information content (AvgIpc) is 2.80. The number of methoxy groups -OCH3 is 5. The van der Waals surface area contributed by atoms with Crippen LogP contribution >= 0.6 is 0 Å². The summed E-state index contributed by atoms with van der Waals surface area (Å²) >= 11 is 0. The molecule has 0 saturated heterocycles. The van der Waals surface area contributed by atoms with Gasteiger partial charge < -0.3 is 33.9 Å². The summed E-state index contributed by atoms with van der Waals surface area (Å²) in [6.07, 6.45) is 0.637. The molecule has 3 atom stereocenters. The Balaban J connectivity index is 2.26. The largest absolute Gasteiger partial charge is 0.493 e. The summed E-state index contributed by atoms with van der Waals surface area (Å²) in [5, 5.41) is 20.3. The van der Waals surface area contributed by atoms with Crippen molar-refractivity contribution in [1.29, 1.82) is 0 Å². The van der Waals surface area contributed by atoms with Gasteiger partial charge in [0.15, 0.2) is 23.0 Å². The molecule has 2 aromatic carbocycles. The van der Waals surface area contributed by atoms with Gasteiger partial charge in [-0.2, -0.15) is 0 Å². The van der Waals surface area contributed by atoms with Gasteiger partial charge in [0.2, 0.25) is 5.75 Å². The third kappa shape index (κ3) is 3.75. The van der Waals surface area contributed by atoms with E-state index in [1.165, 1.54) is 0 Å². The summed E-state index contributed by atoms with van der Waals surface area (Å²) in [5.74, 6) is 2.34.